The van der Waals surface area contributed by atoms with E-state index in [9.17, 15) is 28.8 Å². The fourth-order valence-corrected chi connectivity index (χ4v) is 11.0. The SMILES string of the molecule is COc1cc(CCN(C)C(=O)CCCCCCC(=O)N[C@H](C(=O)N2C[C@H](O)C[C@H]2C(=O)N[C@@H](C)c2ccc(-c3scnc3C)cc2)C(C)(C)C)c(C)cc1Nc1ncc(Cl)c(Nc2ccccc2P(C)(C)=O)n1. The van der Waals surface area contributed by atoms with Crippen molar-refractivity contribution in [1.82, 2.24) is 35.4 Å². The second kappa shape index (κ2) is 24.9. The molecular formula is C54H71ClN9O7PS. The van der Waals surface area contributed by atoms with Crippen LogP contribution in [0.4, 0.5) is 23.1 Å². The number of aromatic nitrogens is 3. The molecule has 73 heavy (non-hydrogen) atoms. The second-order valence-corrected chi connectivity index (χ2v) is 24.8. The number of methoxy groups -OCH3 is 1. The summed E-state index contributed by atoms with van der Waals surface area (Å²) in [4.78, 5) is 71.9. The molecule has 6 rings (SSSR count). The minimum absolute atomic E-state index is 0.00516. The van der Waals surface area contributed by atoms with Crippen molar-refractivity contribution in [3.05, 3.63) is 99.8 Å². The van der Waals surface area contributed by atoms with E-state index in [4.69, 9.17) is 16.3 Å². The number of β-amino-alcohol motifs (C(OH)–C–C–N with tert-alkyl or cyclic N) is 1. The van der Waals surface area contributed by atoms with Gasteiger partial charge in [-0.2, -0.15) is 4.98 Å². The van der Waals surface area contributed by atoms with Crippen molar-refractivity contribution < 1.29 is 33.6 Å². The first-order valence-corrected chi connectivity index (χ1v) is 28.6. The first kappa shape index (κ1) is 56.4. The van der Waals surface area contributed by atoms with E-state index in [0.717, 1.165) is 45.7 Å². The third kappa shape index (κ3) is 15.1. The number of likely N-dealkylation sites (tertiary alicyclic amines) is 1. The van der Waals surface area contributed by atoms with Gasteiger partial charge in [0.15, 0.2) is 5.82 Å². The zero-order chi connectivity index (χ0) is 53.2. The molecular weight excluding hydrogens is 985 g/mol. The molecule has 5 aromatic rings. The maximum atomic E-state index is 14.1. The molecule has 0 aliphatic carbocycles. The molecule has 3 aromatic carbocycles. The Morgan fingerprint density at radius 2 is 1.66 bits per heavy atom. The van der Waals surface area contributed by atoms with Gasteiger partial charge in [0.05, 0.1) is 52.9 Å². The highest BCUT2D eigenvalue weighted by Gasteiger charge is 2.44. The van der Waals surface area contributed by atoms with E-state index in [1.54, 1.807) is 43.7 Å². The van der Waals surface area contributed by atoms with Crippen LogP contribution in [0.1, 0.15) is 101 Å². The number of amides is 4. The lowest BCUT2D eigenvalue weighted by Gasteiger charge is -2.35. The van der Waals surface area contributed by atoms with Crippen molar-refractivity contribution in [3.8, 4) is 16.2 Å². The molecule has 19 heteroatoms. The third-order valence-corrected chi connectivity index (χ3v) is 15.9. The summed E-state index contributed by atoms with van der Waals surface area (Å²) in [6.07, 6.45) is 4.67. The number of carbonyl (C=O) groups is 4. The Labute approximate surface area is 438 Å². The molecule has 1 aliphatic rings. The van der Waals surface area contributed by atoms with Crippen molar-refractivity contribution >= 4 is 82.2 Å². The summed E-state index contributed by atoms with van der Waals surface area (Å²) in [6.45, 7) is 15.4. The number of likely N-dealkylation sites (N-methyl/N-ethyl adjacent to an activating group) is 1. The molecule has 0 bridgehead atoms. The summed E-state index contributed by atoms with van der Waals surface area (Å²) >= 11 is 8.05. The molecule has 1 saturated heterocycles. The van der Waals surface area contributed by atoms with Crippen molar-refractivity contribution in [2.75, 3.05) is 51.2 Å². The molecule has 4 atom stereocenters. The molecule has 4 amide bonds. The number of ether oxygens (including phenoxy) is 1. The highest BCUT2D eigenvalue weighted by molar-refractivity contribution is 7.70. The smallest absolute Gasteiger partial charge is 0.246 e. The number of thiazole rings is 1. The maximum absolute atomic E-state index is 14.1. The van der Waals surface area contributed by atoms with Gasteiger partial charge in [-0.05, 0) is 105 Å². The van der Waals surface area contributed by atoms with E-state index in [1.807, 2.05) is 108 Å². The molecule has 0 spiro atoms. The Kier molecular flexibility index (Phi) is 19.3. The quantitative estimate of drug-likeness (QED) is 0.0325. The minimum Gasteiger partial charge on any atom is -0.495 e. The molecule has 2 aromatic heterocycles. The van der Waals surface area contributed by atoms with Crippen LogP contribution < -0.4 is 31.3 Å². The summed E-state index contributed by atoms with van der Waals surface area (Å²) in [5.41, 5.74) is 7.36. The van der Waals surface area contributed by atoms with Crippen LogP contribution in [-0.4, -0.2) is 112 Å². The highest BCUT2D eigenvalue weighted by atomic mass is 35.5. The van der Waals surface area contributed by atoms with E-state index in [0.29, 0.717) is 65.5 Å². The Hall–Kier alpha value is -5.87. The number of aryl methyl sites for hydroxylation is 2. The molecule has 16 nitrogen and oxygen atoms in total. The number of halogens is 1. The highest BCUT2D eigenvalue weighted by Crippen LogP contribution is 2.39. The van der Waals surface area contributed by atoms with E-state index < -0.39 is 36.7 Å². The van der Waals surface area contributed by atoms with Crippen molar-refractivity contribution in [1.29, 1.82) is 0 Å². The topological polar surface area (TPSA) is 208 Å². The average molecular weight is 1060 g/mol. The van der Waals surface area contributed by atoms with E-state index in [-0.39, 0.29) is 49.1 Å². The van der Waals surface area contributed by atoms with Crippen molar-refractivity contribution in [2.45, 2.75) is 117 Å². The van der Waals surface area contributed by atoms with Crippen LogP contribution in [-0.2, 0) is 30.2 Å². The van der Waals surface area contributed by atoms with Crippen LogP contribution in [0, 0.1) is 19.3 Å². The summed E-state index contributed by atoms with van der Waals surface area (Å²) in [6, 6.07) is 17.0. The van der Waals surface area contributed by atoms with Gasteiger partial charge in [0.1, 0.15) is 30.0 Å². The van der Waals surface area contributed by atoms with Gasteiger partial charge in [-0.3, -0.25) is 19.2 Å². The molecule has 1 aliphatic heterocycles. The molecule has 1 fully saturated rings. The van der Waals surface area contributed by atoms with Gasteiger partial charge in [-0.25, -0.2) is 9.97 Å². The standard InChI is InChI=1S/C54H71ClN9O7PS/c1-33-27-42(60-53-56-30-40(55)50(62-53)59-41-17-15-16-18-45(41)72(9,10)70)44(71-8)28-38(33)25-26-63(7)47(67)20-14-12-11-13-19-46(66)61-49(54(4,5)6)52(69)64-31-39(65)29-43(64)51(68)58-34(2)36-21-23-37(24-22-36)48-35(3)57-32-73-48/h15-18,21-24,27-28,30,32,34,39,43,49,65H,11-14,19-20,25-26,29,31H2,1-10H3,(H,58,68)(H,61,66)(H2,56,59,60,62)/t34-,39+,43-,49+/m0/s1. The summed E-state index contributed by atoms with van der Waals surface area (Å²) < 4.78 is 18.7. The Bertz CT molecular complexity index is 2800. The molecule has 5 N–H and O–H groups in total. The number of para-hydroxylation sites is 1. The lowest BCUT2D eigenvalue weighted by Crippen LogP contribution is -2.57. The predicted molar refractivity (Wildman–Crippen MR) is 292 cm³/mol. The summed E-state index contributed by atoms with van der Waals surface area (Å²) in [7, 11) is 0.795. The Balaban J connectivity index is 0.930. The number of hydrogen-bond donors (Lipinski definition) is 5. The monoisotopic (exact) mass is 1060 g/mol. The normalized spacial score (nSPS) is 15.6. The first-order chi connectivity index (χ1) is 34.5. The van der Waals surface area contributed by atoms with E-state index in [2.05, 4.69) is 36.2 Å². The van der Waals surface area contributed by atoms with Crippen molar-refractivity contribution in [2.24, 2.45) is 5.41 Å². The largest absolute Gasteiger partial charge is 0.495 e. The van der Waals surface area contributed by atoms with Crippen LogP contribution >= 0.6 is 30.1 Å². The summed E-state index contributed by atoms with van der Waals surface area (Å²) in [5, 5.41) is 24.1. The number of rotatable bonds is 22. The fraction of sp³-hybridized carbons (Fsp3) is 0.463. The van der Waals surface area contributed by atoms with Gasteiger partial charge in [0.25, 0.3) is 0 Å². The fourth-order valence-electron chi connectivity index (χ4n) is 8.85. The van der Waals surface area contributed by atoms with Gasteiger partial charge >= 0.3 is 0 Å². The Morgan fingerprint density at radius 3 is 2.32 bits per heavy atom. The molecule has 0 saturated carbocycles. The number of carbonyl (C=O) groups excluding carboxylic acids is 4. The predicted octanol–water partition coefficient (Wildman–Crippen LogP) is 9.33. The van der Waals surface area contributed by atoms with Gasteiger partial charge in [-0.15, -0.1) is 11.3 Å². The van der Waals surface area contributed by atoms with Gasteiger partial charge in [0, 0.05) is 44.7 Å². The van der Waals surface area contributed by atoms with Crippen LogP contribution in [0.5, 0.6) is 5.75 Å². The second-order valence-electron chi connectivity index (χ2n) is 20.3. The van der Waals surface area contributed by atoms with Crippen LogP contribution in [0.3, 0.4) is 0 Å². The molecule has 392 valence electrons. The molecule has 0 radical (unpaired) electrons. The number of unbranched alkanes of at least 4 members (excludes halogenated alkanes) is 3. The first-order valence-electron chi connectivity index (χ1n) is 24.7. The number of benzene rings is 3. The lowest BCUT2D eigenvalue weighted by molar-refractivity contribution is -0.144. The number of nitrogens with zero attached hydrogens (tertiary/aromatic N) is 5. The molecule has 3 heterocycles. The number of anilines is 4. The summed E-state index contributed by atoms with van der Waals surface area (Å²) in [5.74, 6) is 0.215. The minimum atomic E-state index is -2.59. The zero-order valence-corrected chi connectivity index (χ0v) is 46.1. The van der Waals surface area contributed by atoms with Crippen LogP contribution in [0.2, 0.25) is 5.02 Å². The van der Waals surface area contributed by atoms with Gasteiger partial charge < -0.3 is 45.5 Å². The van der Waals surface area contributed by atoms with Gasteiger partial charge in [0.2, 0.25) is 29.6 Å². The zero-order valence-electron chi connectivity index (χ0n) is 43.7. The maximum Gasteiger partial charge on any atom is 0.246 e. The molecule has 0 unspecified atom stereocenters. The number of aliphatic hydroxyl groups excluding tert-OH is 1. The number of aliphatic hydroxyl groups is 1. The lowest BCUT2D eigenvalue weighted by atomic mass is 9.85. The number of hydrogen-bond acceptors (Lipinski definition) is 13. The Morgan fingerprint density at radius 1 is 0.959 bits per heavy atom. The number of nitrogens with one attached hydrogen (secondary N) is 4. The van der Waals surface area contributed by atoms with Crippen LogP contribution in [0.25, 0.3) is 10.4 Å². The van der Waals surface area contributed by atoms with E-state index >= 15 is 0 Å². The van der Waals surface area contributed by atoms with Crippen molar-refractivity contribution in [3.63, 3.8) is 0 Å². The van der Waals surface area contributed by atoms with E-state index in [1.165, 1.54) is 11.1 Å². The van der Waals surface area contributed by atoms with Gasteiger partial charge in [-0.1, -0.05) is 81.6 Å². The average Bonchev–Trinajstić information content (AvgIpc) is 3.96. The third-order valence-electron chi connectivity index (χ3n) is 13.1. The van der Waals surface area contributed by atoms with Crippen LogP contribution in [0.15, 0.2) is 72.4 Å².